The SMILES string of the molecule is CNCc1cccc2ccn(CCCCC#N)c12. The molecular weight excluding hydrogens is 222 g/mol. The Bertz CT molecular complexity index is 548. The van der Waals surface area contributed by atoms with Crippen molar-refractivity contribution in [1.82, 2.24) is 9.88 Å². The maximum Gasteiger partial charge on any atom is 0.0621 e. The van der Waals surface area contributed by atoms with Crippen molar-refractivity contribution < 1.29 is 0 Å². The first kappa shape index (κ1) is 12.7. The van der Waals surface area contributed by atoms with Crippen molar-refractivity contribution in [3.05, 3.63) is 36.0 Å². The van der Waals surface area contributed by atoms with E-state index < -0.39 is 0 Å². The van der Waals surface area contributed by atoms with Gasteiger partial charge in [0.15, 0.2) is 0 Å². The highest BCUT2D eigenvalue weighted by molar-refractivity contribution is 5.83. The molecule has 3 nitrogen and oxygen atoms in total. The van der Waals surface area contributed by atoms with E-state index in [0.717, 1.165) is 25.9 Å². The van der Waals surface area contributed by atoms with E-state index in [4.69, 9.17) is 5.26 Å². The summed E-state index contributed by atoms with van der Waals surface area (Å²) < 4.78 is 2.30. The Morgan fingerprint density at radius 1 is 1.28 bits per heavy atom. The number of hydrogen-bond acceptors (Lipinski definition) is 2. The predicted molar refractivity (Wildman–Crippen MR) is 74.2 cm³/mol. The highest BCUT2D eigenvalue weighted by atomic mass is 15.0. The molecule has 0 aliphatic rings. The zero-order chi connectivity index (χ0) is 12.8. The Kier molecular flexibility index (Phi) is 4.38. The van der Waals surface area contributed by atoms with Gasteiger partial charge in [-0.2, -0.15) is 5.26 Å². The molecule has 0 spiro atoms. The molecule has 1 aromatic heterocycles. The first-order valence-electron chi connectivity index (χ1n) is 6.45. The number of nitrogens with one attached hydrogen (secondary N) is 1. The van der Waals surface area contributed by atoms with Crippen LogP contribution in [0.15, 0.2) is 30.5 Å². The quantitative estimate of drug-likeness (QED) is 0.790. The minimum absolute atomic E-state index is 0.655. The number of fused-ring (bicyclic) bond motifs is 1. The standard InChI is InChI=1S/C15H19N3/c1-17-12-14-7-5-6-13-8-11-18(15(13)14)10-4-2-3-9-16/h5-8,11,17H,2-4,10,12H2,1H3. The van der Waals surface area contributed by atoms with E-state index in [1.807, 2.05) is 7.05 Å². The molecule has 1 aromatic carbocycles. The lowest BCUT2D eigenvalue weighted by Crippen LogP contribution is -2.07. The van der Waals surface area contributed by atoms with E-state index in [0.29, 0.717) is 6.42 Å². The van der Waals surface area contributed by atoms with Crippen LogP contribution in [0.2, 0.25) is 0 Å². The topological polar surface area (TPSA) is 40.8 Å². The summed E-state index contributed by atoms with van der Waals surface area (Å²) in [6, 6.07) is 10.8. The van der Waals surface area contributed by atoms with E-state index in [-0.39, 0.29) is 0 Å². The van der Waals surface area contributed by atoms with Crippen molar-refractivity contribution in [2.75, 3.05) is 7.05 Å². The molecule has 94 valence electrons. The molecule has 0 unspecified atom stereocenters. The number of para-hydroxylation sites is 1. The highest BCUT2D eigenvalue weighted by Crippen LogP contribution is 2.21. The number of hydrogen-bond donors (Lipinski definition) is 1. The molecule has 1 N–H and O–H groups in total. The molecule has 0 fully saturated rings. The van der Waals surface area contributed by atoms with Gasteiger partial charge in [0.25, 0.3) is 0 Å². The first-order valence-corrected chi connectivity index (χ1v) is 6.45. The molecule has 0 amide bonds. The maximum atomic E-state index is 8.54. The van der Waals surface area contributed by atoms with E-state index >= 15 is 0 Å². The summed E-state index contributed by atoms with van der Waals surface area (Å²) in [6.45, 7) is 1.88. The second-order valence-electron chi connectivity index (χ2n) is 4.51. The summed E-state index contributed by atoms with van der Waals surface area (Å²) >= 11 is 0. The van der Waals surface area contributed by atoms with Gasteiger partial charge in [-0.15, -0.1) is 0 Å². The summed E-state index contributed by atoms with van der Waals surface area (Å²) in [7, 11) is 1.97. The van der Waals surface area contributed by atoms with E-state index in [1.165, 1.54) is 16.5 Å². The van der Waals surface area contributed by atoms with Crippen LogP contribution >= 0.6 is 0 Å². The lowest BCUT2D eigenvalue weighted by molar-refractivity contribution is 0.630. The van der Waals surface area contributed by atoms with E-state index in [9.17, 15) is 0 Å². The molecule has 0 radical (unpaired) electrons. The Morgan fingerprint density at radius 3 is 2.94 bits per heavy atom. The van der Waals surface area contributed by atoms with Crippen molar-refractivity contribution in [3.63, 3.8) is 0 Å². The largest absolute Gasteiger partial charge is 0.347 e. The summed E-state index contributed by atoms with van der Waals surface area (Å²) in [6.07, 6.45) is 4.84. The second-order valence-corrected chi connectivity index (χ2v) is 4.51. The normalized spacial score (nSPS) is 10.7. The van der Waals surface area contributed by atoms with Gasteiger partial charge in [0.05, 0.1) is 11.6 Å². The minimum atomic E-state index is 0.655. The van der Waals surface area contributed by atoms with Gasteiger partial charge in [-0.3, -0.25) is 0 Å². The Labute approximate surface area is 108 Å². The number of benzene rings is 1. The molecule has 0 aliphatic heterocycles. The van der Waals surface area contributed by atoms with Crippen LogP contribution in [0.4, 0.5) is 0 Å². The highest BCUT2D eigenvalue weighted by Gasteiger charge is 2.05. The molecule has 2 rings (SSSR count). The molecule has 1 heterocycles. The van der Waals surface area contributed by atoms with Gasteiger partial charge in [0.2, 0.25) is 0 Å². The van der Waals surface area contributed by atoms with Crippen LogP contribution in [0.3, 0.4) is 0 Å². The van der Waals surface area contributed by atoms with Crippen LogP contribution in [-0.2, 0) is 13.1 Å². The van der Waals surface area contributed by atoms with Crippen LogP contribution in [0.1, 0.15) is 24.8 Å². The van der Waals surface area contributed by atoms with Gasteiger partial charge in [-0.25, -0.2) is 0 Å². The van der Waals surface area contributed by atoms with Crippen LogP contribution < -0.4 is 5.32 Å². The number of nitrogens with zero attached hydrogens (tertiary/aromatic N) is 2. The van der Waals surface area contributed by atoms with Crippen LogP contribution in [0.25, 0.3) is 10.9 Å². The number of unbranched alkanes of at least 4 members (excludes halogenated alkanes) is 2. The smallest absolute Gasteiger partial charge is 0.0621 e. The van der Waals surface area contributed by atoms with Gasteiger partial charge in [-0.1, -0.05) is 18.2 Å². The fourth-order valence-electron chi connectivity index (χ4n) is 2.35. The summed E-state index contributed by atoms with van der Waals surface area (Å²) in [5.41, 5.74) is 2.66. The van der Waals surface area contributed by atoms with Crippen LogP contribution in [0, 0.1) is 11.3 Å². The van der Waals surface area contributed by atoms with Crippen molar-refractivity contribution in [2.24, 2.45) is 0 Å². The predicted octanol–water partition coefficient (Wildman–Crippen LogP) is 3.05. The number of aryl methyl sites for hydroxylation is 1. The molecule has 0 saturated carbocycles. The Morgan fingerprint density at radius 2 is 2.17 bits per heavy atom. The minimum Gasteiger partial charge on any atom is -0.347 e. The second kappa shape index (κ2) is 6.23. The van der Waals surface area contributed by atoms with Gasteiger partial charge >= 0.3 is 0 Å². The van der Waals surface area contributed by atoms with Crippen molar-refractivity contribution in [2.45, 2.75) is 32.4 Å². The van der Waals surface area contributed by atoms with Crippen molar-refractivity contribution >= 4 is 10.9 Å². The maximum absolute atomic E-state index is 8.54. The lowest BCUT2D eigenvalue weighted by Gasteiger charge is -2.09. The first-order chi connectivity index (χ1) is 8.86. The third kappa shape index (κ3) is 2.72. The van der Waals surface area contributed by atoms with Gasteiger partial charge < -0.3 is 9.88 Å². The molecule has 18 heavy (non-hydrogen) atoms. The average molecular weight is 241 g/mol. The third-order valence-electron chi connectivity index (χ3n) is 3.18. The van der Waals surface area contributed by atoms with Crippen LogP contribution in [0.5, 0.6) is 0 Å². The summed E-state index contributed by atoms with van der Waals surface area (Å²) in [5, 5.41) is 13.1. The number of rotatable bonds is 6. The zero-order valence-corrected chi connectivity index (χ0v) is 10.8. The van der Waals surface area contributed by atoms with Gasteiger partial charge in [-0.05, 0) is 36.9 Å². The van der Waals surface area contributed by atoms with E-state index in [1.54, 1.807) is 0 Å². The van der Waals surface area contributed by atoms with Gasteiger partial charge in [0, 0.05) is 25.7 Å². The molecule has 2 aromatic rings. The van der Waals surface area contributed by atoms with Gasteiger partial charge in [0.1, 0.15) is 0 Å². The molecule has 0 bridgehead atoms. The average Bonchev–Trinajstić information content (AvgIpc) is 2.80. The van der Waals surface area contributed by atoms with Crippen molar-refractivity contribution in [1.29, 1.82) is 5.26 Å². The molecule has 3 heteroatoms. The van der Waals surface area contributed by atoms with Crippen molar-refractivity contribution in [3.8, 4) is 6.07 Å². The van der Waals surface area contributed by atoms with E-state index in [2.05, 4.69) is 46.4 Å². The third-order valence-corrected chi connectivity index (χ3v) is 3.18. The Hall–Kier alpha value is -1.79. The molecular formula is C15H19N3. The molecule has 0 saturated heterocycles. The monoisotopic (exact) mass is 241 g/mol. The summed E-state index contributed by atoms with van der Waals surface area (Å²) in [4.78, 5) is 0. The molecule has 0 aliphatic carbocycles. The number of aromatic nitrogens is 1. The molecule has 0 atom stereocenters. The fraction of sp³-hybridized carbons (Fsp3) is 0.400. The lowest BCUT2D eigenvalue weighted by atomic mass is 10.1. The Balaban J connectivity index is 2.20. The number of nitriles is 1. The fourth-order valence-corrected chi connectivity index (χ4v) is 2.35. The van der Waals surface area contributed by atoms with Crippen LogP contribution in [-0.4, -0.2) is 11.6 Å². The summed E-state index contributed by atoms with van der Waals surface area (Å²) in [5.74, 6) is 0. The zero-order valence-electron chi connectivity index (χ0n) is 10.8.